The summed E-state index contributed by atoms with van der Waals surface area (Å²) in [5.74, 6) is -0.948. The standard InChI is InChI=1S/C18H14ClN5O2S2/c19-15-7-6-14(28-15)12-9-27-18(21-12)22-17(26)11-8-13(16(20)25)24(23-11)10-4-2-1-3-5-10/h1-7,9,13H,8H2,(H2,20,25)(H,21,22,26)/t13-/m0/s1. The fourth-order valence-corrected chi connectivity index (χ4v) is 4.54. The van der Waals surface area contributed by atoms with Gasteiger partial charge in [0.1, 0.15) is 11.8 Å². The van der Waals surface area contributed by atoms with Crippen LogP contribution in [-0.2, 0) is 9.59 Å². The van der Waals surface area contributed by atoms with Crippen molar-refractivity contribution in [1.29, 1.82) is 0 Å². The second-order valence-electron chi connectivity index (χ2n) is 5.94. The molecule has 142 valence electrons. The van der Waals surface area contributed by atoms with Gasteiger partial charge in [0.2, 0.25) is 5.91 Å². The van der Waals surface area contributed by atoms with Crippen LogP contribution in [0, 0.1) is 0 Å². The Hall–Kier alpha value is -2.75. The molecule has 1 aliphatic rings. The molecule has 0 fully saturated rings. The molecule has 1 aliphatic heterocycles. The van der Waals surface area contributed by atoms with Crippen LogP contribution in [0.4, 0.5) is 10.8 Å². The summed E-state index contributed by atoms with van der Waals surface area (Å²) in [5.41, 5.74) is 7.17. The molecular formula is C18H14ClN5O2S2. The zero-order valence-corrected chi connectivity index (χ0v) is 16.7. The van der Waals surface area contributed by atoms with Crippen molar-refractivity contribution in [3.05, 3.63) is 52.2 Å². The molecule has 0 aliphatic carbocycles. The van der Waals surface area contributed by atoms with Crippen LogP contribution in [0.2, 0.25) is 4.34 Å². The minimum Gasteiger partial charge on any atom is -0.368 e. The summed E-state index contributed by atoms with van der Waals surface area (Å²) in [6.45, 7) is 0. The molecule has 10 heteroatoms. The maximum Gasteiger partial charge on any atom is 0.273 e. The third kappa shape index (κ3) is 3.77. The van der Waals surface area contributed by atoms with E-state index in [0.29, 0.717) is 15.2 Å². The van der Waals surface area contributed by atoms with E-state index in [0.717, 1.165) is 10.6 Å². The Morgan fingerprint density at radius 1 is 1.21 bits per heavy atom. The predicted octanol–water partition coefficient (Wildman–Crippen LogP) is 3.58. The summed E-state index contributed by atoms with van der Waals surface area (Å²) >= 11 is 8.68. The number of hydrogen-bond acceptors (Lipinski definition) is 7. The first-order chi connectivity index (χ1) is 13.5. The van der Waals surface area contributed by atoms with E-state index in [1.54, 1.807) is 18.2 Å². The number of carbonyl (C=O) groups excluding carboxylic acids is 2. The van der Waals surface area contributed by atoms with Gasteiger partial charge in [0.15, 0.2) is 5.13 Å². The molecule has 0 unspecified atom stereocenters. The second kappa shape index (κ2) is 7.70. The first-order valence-electron chi connectivity index (χ1n) is 8.25. The van der Waals surface area contributed by atoms with Crippen LogP contribution < -0.4 is 16.1 Å². The molecule has 1 atom stereocenters. The Balaban J connectivity index is 1.52. The van der Waals surface area contributed by atoms with E-state index >= 15 is 0 Å². The molecule has 3 heterocycles. The van der Waals surface area contributed by atoms with Crippen molar-refractivity contribution in [2.75, 3.05) is 10.3 Å². The van der Waals surface area contributed by atoms with E-state index in [4.69, 9.17) is 17.3 Å². The van der Waals surface area contributed by atoms with E-state index in [2.05, 4.69) is 15.4 Å². The van der Waals surface area contributed by atoms with Crippen LogP contribution in [-0.4, -0.2) is 28.6 Å². The van der Waals surface area contributed by atoms with Crippen LogP contribution in [0.5, 0.6) is 0 Å². The highest BCUT2D eigenvalue weighted by Crippen LogP contribution is 2.33. The summed E-state index contributed by atoms with van der Waals surface area (Å²) in [5, 5.41) is 10.8. The smallest absolute Gasteiger partial charge is 0.273 e. The van der Waals surface area contributed by atoms with Crippen molar-refractivity contribution in [2.24, 2.45) is 10.8 Å². The third-order valence-corrected chi connectivity index (χ3v) is 6.08. The molecule has 1 aromatic carbocycles. The van der Waals surface area contributed by atoms with E-state index in [9.17, 15) is 9.59 Å². The molecule has 2 aromatic heterocycles. The molecule has 0 radical (unpaired) electrons. The van der Waals surface area contributed by atoms with Gasteiger partial charge < -0.3 is 5.73 Å². The average Bonchev–Trinajstić information content (AvgIpc) is 3.41. The fourth-order valence-electron chi connectivity index (χ4n) is 2.75. The number of nitrogens with two attached hydrogens (primary N) is 1. The number of amides is 2. The van der Waals surface area contributed by atoms with Gasteiger partial charge in [-0.2, -0.15) is 5.10 Å². The number of aromatic nitrogens is 1. The first kappa shape index (κ1) is 18.6. The fraction of sp³-hybridized carbons (Fsp3) is 0.111. The lowest BCUT2D eigenvalue weighted by Gasteiger charge is -2.20. The van der Waals surface area contributed by atoms with Crippen molar-refractivity contribution in [3.63, 3.8) is 0 Å². The van der Waals surface area contributed by atoms with Gasteiger partial charge in [0.25, 0.3) is 5.91 Å². The Bertz CT molecular complexity index is 1060. The number of thiophene rings is 1. The Morgan fingerprint density at radius 3 is 2.68 bits per heavy atom. The Morgan fingerprint density at radius 2 is 2.00 bits per heavy atom. The van der Waals surface area contributed by atoms with Crippen molar-refractivity contribution in [3.8, 4) is 10.6 Å². The number of anilines is 2. The molecule has 2 amide bonds. The first-order valence-corrected chi connectivity index (χ1v) is 10.3. The van der Waals surface area contributed by atoms with E-state index < -0.39 is 17.9 Å². The molecule has 0 spiro atoms. The topological polar surface area (TPSA) is 101 Å². The molecule has 0 saturated carbocycles. The number of hydrogen-bond donors (Lipinski definition) is 2. The third-order valence-electron chi connectivity index (χ3n) is 4.07. The van der Waals surface area contributed by atoms with Crippen molar-refractivity contribution in [2.45, 2.75) is 12.5 Å². The highest BCUT2D eigenvalue weighted by molar-refractivity contribution is 7.20. The van der Waals surface area contributed by atoms with Crippen molar-refractivity contribution < 1.29 is 9.59 Å². The lowest BCUT2D eigenvalue weighted by molar-refractivity contribution is -0.119. The number of rotatable bonds is 5. The predicted molar refractivity (Wildman–Crippen MR) is 113 cm³/mol. The van der Waals surface area contributed by atoms with Gasteiger partial charge in [-0.25, -0.2) is 4.98 Å². The number of hydrazone groups is 1. The highest BCUT2D eigenvalue weighted by atomic mass is 35.5. The zero-order chi connectivity index (χ0) is 19.7. The lowest BCUT2D eigenvalue weighted by Crippen LogP contribution is -2.39. The van der Waals surface area contributed by atoms with Gasteiger partial charge in [-0.3, -0.25) is 19.9 Å². The molecule has 28 heavy (non-hydrogen) atoms. The van der Waals surface area contributed by atoms with Crippen LogP contribution in [0.15, 0.2) is 52.9 Å². The summed E-state index contributed by atoms with van der Waals surface area (Å²) < 4.78 is 0.674. The van der Waals surface area contributed by atoms with Crippen LogP contribution >= 0.6 is 34.3 Å². The number of benzene rings is 1. The molecule has 3 aromatic rings. The lowest BCUT2D eigenvalue weighted by atomic mass is 10.1. The van der Waals surface area contributed by atoms with E-state index in [1.807, 2.05) is 29.6 Å². The molecule has 7 nitrogen and oxygen atoms in total. The van der Waals surface area contributed by atoms with Crippen LogP contribution in [0.25, 0.3) is 10.6 Å². The number of nitrogens with zero attached hydrogens (tertiary/aromatic N) is 3. The molecule has 0 bridgehead atoms. The number of carbonyl (C=O) groups is 2. The summed E-state index contributed by atoms with van der Waals surface area (Å²) in [6.07, 6.45) is 0.134. The van der Waals surface area contributed by atoms with Gasteiger partial charge in [-0.05, 0) is 24.3 Å². The number of para-hydroxylation sites is 1. The van der Waals surface area contributed by atoms with Crippen molar-refractivity contribution >= 4 is 62.6 Å². The van der Waals surface area contributed by atoms with Crippen molar-refractivity contribution in [1.82, 2.24) is 4.98 Å². The molecule has 4 rings (SSSR count). The Kier molecular flexibility index (Phi) is 5.12. The summed E-state index contributed by atoms with van der Waals surface area (Å²) in [6, 6.07) is 12.1. The quantitative estimate of drug-likeness (QED) is 0.644. The number of halogens is 1. The van der Waals surface area contributed by atoms with Gasteiger partial charge in [0.05, 0.1) is 20.6 Å². The van der Waals surface area contributed by atoms with Crippen LogP contribution in [0.1, 0.15) is 6.42 Å². The van der Waals surface area contributed by atoms with Gasteiger partial charge in [-0.15, -0.1) is 22.7 Å². The number of thiazole rings is 1. The SMILES string of the molecule is NC(=O)[C@@H]1CC(C(=O)Nc2nc(-c3ccc(Cl)s3)cs2)=NN1c1ccccc1. The maximum atomic E-state index is 12.6. The summed E-state index contributed by atoms with van der Waals surface area (Å²) in [4.78, 5) is 29.8. The number of primary amides is 1. The monoisotopic (exact) mass is 431 g/mol. The van der Waals surface area contributed by atoms with Gasteiger partial charge in [-0.1, -0.05) is 29.8 Å². The number of nitrogens with one attached hydrogen (secondary N) is 1. The largest absolute Gasteiger partial charge is 0.368 e. The minimum absolute atomic E-state index is 0.134. The second-order valence-corrected chi connectivity index (χ2v) is 8.52. The Labute approximate surface area is 173 Å². The molecule has 0 saturated heterocycles. The normalized spacial score (nSPS) is 16.1. The molecule has 3 N–H and O–H groups in total. The maximum absolute atomic E-state index is 12.6. The van der Waals surface area contributed by atoms with Crippen LogP contribution in [0.3, 0.4) is 0 Å². The van der Waals surface area contributed by atoms with E-state index in [1.165, 1.54) is 27.7 Å². The molecular weight excluding hydrogens is 418 g/mol. The van der Waals surface area contributed by atoms with Gasteiger partial charge in [0, 0.05) is 11.8 Å². The average molecular weight is 432 g/mol. The highest BCUT2D eigenvalue weighted by Gasteiger charge is 2.35. The zero-order valence-electron chi connectivity index (χ0n) is 14.3. The summed E-state index contributed by atoms with van der Waals surface area (Å²) in [7, 11) is 0. The van der Waals surface area contributed by atoms with Gasteiger partial charge >= 0.3 is 0 Å². The van der Waals surface area contributed by atoms with E-state index in [-0.39, 0.29) is 12.1 Å². The minimum atomic E-state index is -0.705.